The van der Waals surface area contributed by atoms with E-state index in [0.29, 0.717) is 11.1 Å². The van der Waals surface area contributed by atoms with Crippen molar-refractivity contribution in [1.29, 1.82) is 5.26 Å². The number of halogens is 1. The van der Waals surface area contributed by atoms with Crippen molar-refractivity contribution < 1.29 is 9.13 Å². The Morgan fingerprint density at radius 3 is 2.74 bits per heavy atom. The van der Waals surface area contributed by atoms with Gasteiger partial charge in [-0.05, 0) is 49.2 Å². The summed E-state index contributed by atoms with van der Waals surface area (Å²) in [7, 11) is 0. The summed E-state index contributed by atoms with van der Waals surface area (Å²) in [5.74, 6) is 0.381. The summed E-state index contributed by atoms with van der Waals surface area (Å²) in [5, 5.41) is 8.81. The van der Waals surface area contributed by atoms with Crippen molar-refractivity contribution in [2.45, 2.75) is 20.5 Å². The number of hydrogen-bond acceptors (Lipinski definition) is 2. The van der Waals surface area contributed by atoms with E-state index in [-0.39, 0.29) is 12.4 Å². The minimum absolute atomic E-state index is 0.117. The van der Waals surface area contributed by atoms with Crippen molar-refractivity contribution in [2.24, 2.45) is 0 Å². The molecule has 0 radical (unpaired) electrons. The van der Waals surface area contributed by atoms with Crippen LogP contribution in [0.3, 0.4) is 0 Å². The van der Waals surface area contributed by atoms with Gasteiger partial charge in [0.2, 0.25) is 0 Å². The second-order valence-electron chi connectivity index (χ2n) is 4.40. The maximum Gasteiger partial charge on any atom is 0.129 e. The number of benzene rings is 2. The molecule has 0 amide bonds. The summed E-state index contributed by atoms with van der Waals surface area (Å²) in [6, 6.07) is 12.0. The van der Waals surface area contributed by atoms with E-state index in [0.717, 1.165) is 16.9 Å². The van der Waals surface area contributed by atoms with Crippen LogP contribution in [0.2, 0.25) is 0 Å². The lowest BCUT2D eigenvalue weighted by molar-refractivity contribution is 0.297. The Balaban J connectivity index is 2.19. The fourth-order valence-corrected chi connectivity index (χ4v) is 1.79. The zero-order chi connectivity index (χ0) is 13.8. The molecule has 0 atom stereocenters. The molecule has 0 bridgehead atoms. The SMILES string of the molecule is Cc1cccc(OCc2cc(C#N)ccc2F)c1C. The Morgan fingerprint density at radius 2 is 2.00 bits per heavy atom. The number of ether oxygens (including phenoxy) is 1. The van der Waals surface area contributed by atoms with E-state index in [2.05, 4.69) is 0 Å². The first-order valence-electron chi connectivity index (χ1n) is 5.99. The zero-order valence-electron chi connectivity index (χ0n) is 10.9. The van der Waals surface area contributed by atoms with E-state index in [1.54, 1.807) is 0 Å². The van der Waals surface area contributed by atoms with Gasteiger partial charge < -0.3 is 4.74 Å². The summed E-state index contributed by atoms with van der Waals surface area (Å²) in [4.78, 5) is 0. The first-order chi connectivity index (χ1) is 9.11. The molecule has 0 aliphatic carbocycles. The Morgan fingerprint density at radius 1 is 1.21 bits per heavy atom. The van der Waals surface area contributed by atoms with E-state index >= 15 is 0 Å². The molecule has 96 valence electrons. The maximum atomic E-state index is 13.6. The number of nitrogens with zero attached hydrogens (tertiary/aromatic N) is 1. The molecule has 0 fully saturated rings. The van der Waals surface area contributed by atoms with Crippen LogP contribution in [-0.4, -0.2) is 0 Å². The van der Waals surface area contributed by atoms with Gasteiger partial charge in [0.05, 0.1) is 11.6 Å². The van der Waals surface area contributed by atoms with Crippen molar-refractivity contribution in [3.63, 3.8) is 0 Å². The molecule has 0 saturated heterocycles. The molecule has 0 spiro atoms. The highest BCUT2D eigenvalue weighted by Gasteiger charge is 2.06. The fourth-order valence-electron chi connectivity index (χ4n) is 1.79. The molecule has 0 heterocycles. The predicted octanol–water partition coefficient (Wildman–Crippen LogP) is 3.89. The predicted molar refractivity (Wildman–Crippen MR) is 71.4 cm³/mol. The normalized spacial score (nSPS) is 10.0. The van der Waals surface area contributed by atoms with Crippen LogP contribution in [0.4, 0.5) is 4.39 Å². The van der Waals surface area contributed by atoms with Crippen LogP contribution in [0.1, 0.15) is 22.3 Å². The van der Waals surface area contributed by atoms with Gasteiger partial charge >= 0.3 is 0 Å². The van der Waals surface area contributed by atoms with Crippen molar-refractivity contribution in [2.75, 3.05) is 0 Å². The summed E-state index contributed by atoms with van der Waals surface area (Å²) >= 11 is 0. The van der Waals surface area contributed by atoms with E-state index in [4.69, 9.17) is 10.00 Å². The van der Waals surface area contributed by atoms with Gasteiger partial charge in [-0.15, -0.1) is 0 Å². The van der Waals surface area contributed by atoms with E-state index < -0.39 is 0 Å². The highest BCUT2D eigenvalue weighted by molar-refractivity contribution is 5.39. The van der Waals surface area contributed by atoms with Crippen LogP contribution in [0, 0.1) is 31.0 Å². The molecular formula is C16H14FNO. The minimum Gasteiger partial charge on any atom is -0.489 e. The monoisotopic (exact) mass is 255 g/mol. The quantitative estimate of drug-likeness (QED) is 0.833. The molecule has 2 nitrogen and oxygen atoms in total. The number of hydrogen-bond donors (Lipinski definition) is 0. The van der Waals surface area contributed by atoms with Gasteiger partial charge in [-0.3, -0.25) is 0 Å². The largest absolute Gasteiger partial charge is 0.489 e. The second-order valence-corrected chi connectivity index (χ2v) is 4.40. The standard InChI is InChI=1S/C16H14FNO/c1-11-4-3-5-16(12(11)2)19-10-14-8-13(9-18)6-7-15(14)17/h3-8H,10H2,1-2H3. The third-order valence-electron chi connectivity index (χ3n) is 3.11. The van der Waals surface area contributed by atoms with Crippen LogP contribution in [0.5, 0.6) is 5.75 Å². The molecule has 0 aromatic heterocycles. The van der Waals surface area contributed by atoms with Crippen molar-refractivity contribution in [1.82, 2.24) is 0 Å². The Labute approximate surface area is 112 Å². The Bertz CT molecular complexity index is 644. The van der Waals surface area contributed by atoms with Gasteiger partial charge in [-0.1, -0.05) is 12.1 Å². The molecule has 2 aromatic carbocycles. The average Bonchev–Trinajstić information content (AvgIpc) is 2.42. The van der Waals surface area contributed by atoms with Crippen LogP contribution in [-0.2, 0) is 6.61 Å². The van der Waals surface area contributed by atoms with Crippen molar-refractivity contribution >= 4 is 0 Å². The molecule has 3 heteroatoms. The van der Waals surface area contributed by atoms with Crippen molar-refractivity contribution in [3.8, 4) is 11.8 Å². The summed E-state index contributed by atoms with van der Waals surface area (Å²) in [6.07, 6.45) is 0. The number of rotatable bonds is 3. The number of aryl methyl sites for hydroxylation is 1. The van der Waals surface area contributed by atoms with Gasteiger partial charge in [0.1, 0.15) is 18.2 Å². The fraction of sp³-hybridized carbons (Fsp3) is 0.188. The van der Waals surface area contributed by atoms with E-state index in [1.807, 2.05) is 38.1 Å². The molecular weight excluding hydrogens is 241 g/mol. The molecule has 0 N–H and O–H groups in total. The van der Waals surface area contributed by atoms with Gasteiger partial charge in [0, 0.05) is 5.56 Å². The van der Waals surface area contributed by atoms with Gasteiger partial charge in [0.15, 0.2) is 0 Å². The lowest BCUT2D eigenvalue weighted by Crippen LogP contribution is -2.01. The van der Waals surface area contributed by atoms with Crippen molar-refractivity contribution in [3.05, 3.63) is 64.5 Å². The molecule has 2 aromatic rings. The lowest BCUT2D eigenvalue weighted by atomic mass is 10.1. The van der Waals surface area contributed by atoms with Crippen LogP contribution < -0.4 is 4.74 Å². The smallest absolute Gasteiger partial charge is 0.129 e. The molecule has 2 rings (SSSR count). The van der Waals surface area contributed by atoms with E-state index in [1.165, 1.54) is 18.2 Å². The highest BCUT2D eigenvalue weighted by atomic mass is 19.1. The third-order valence-corrected chi connectivity index (χ3v) is 3.11. The van der Waals surface area contributed by atoms with Gasteiger partial charge in [-0.2, -0.15) is 5.26 Å². The van der Waals surface area contributed by atoms with Crippen LogP contribution in [0.25, 0.3) is 0 Å². The number of nitriles is 1. The average molecular weight is 255 g/mol. The molecule has 0 aliphatic rings. The summed E-state index contributed by atoms with van der Waals surface area (Å²) in [5.41, 5.74) is 2.99. The third kappa shape index (κ3) is 2.92. The lowest BCUT2D eigenvalue weighted by Gasteiger charge is -2.11. The molecule has 19 heavy (non-hydrogen) atoms. The Hall–Kier alpha value is -2.34. The zero-order valence-corrected chi connectivity index (χ0v) is 10.9. The van der Waals surface area contributed by atoms with E-state index in [9.17, 15) is 4.39 Å². The molecule has 0 unspecified atom stereocenters. The summed E-state index contributed by atoms with van der Waals surface area (Å²) in [6.45, 7) is 4.08. The Kier molecular flexibility index (Phi) is 3.82. The second kappa shape index (κ2) is 5.53. The first kappa shape index (κ1) is 13.1. The topological polar surface area (TPSA) is 33.0 Å². The minimum atomic E-state index is -0.357. The van der Waals surface area contributed by atoms with Crippen LogP contribution >= 0.6 is 0 Å². The highest BCUT2D eigenvalue weighted by Crippen LogP contribution is 2.22. The molecule has 0 aliphatic heterocycles. The van der Waals surface area contributed by atoms with Gasteiger partial charge in [-0.25, -0.2) is 4.39 Å². The molecule has 0 saturated carbocycles. The van der Waals surface area contributed by atoms with Crippen LogP contribution in [0.15, 0.2) is 36.4 Å². The van der Waals surface area contributed by atoms with Gasteiger partial charge in [0.25, 0.3) is 0 Å². The maximum absolute atomic E-state index is 13.6. The first-order valence-corrected chi connectivity index (χ1v) is 5.99. The summed E-state index contributed by atoms with van der Waals surface area (Å²) < 4.78 is 19.2.